The van der Waals surface area contributed by atoms with Gasteiger partial charge in [0.2, 0.25) is 0 Å². The first-order valence-electron chi connectivity index (χ1n) is 7.91. The van der Waals surface area contributed by atoms with Gasteiger partial charge in [-0.05, 0) is 58.4 Å². The highest BCUT2D eigenvalue weighted by Crippen LogP contribution is 2.21. The Morgan fingerprint density at radius 3 is 1.95 bits per heavy atom. The number of rotatable bonds is 10. The lowest BCUT2D eigenvalue weighted by Crippen LogP contribution is -2.25. The predicted molar refractivity (Wildman–Crippen MR) is 90.0 cm³/mol. The Balaban J connectivity index is 2.40. The van der Waals surface area contributed by atoms with Crippen molar-refractivity contribution in [3.05, 3.63) is 36.5 Å². The highest BCUT2D eigenvalue weighted by molar-refractivity contribution is 5.31. The average Bonchev–Trinajstić information content (AvgIpc) is 2.47. The van der Waals surface area contributed by atoms with Gasteiger partial charge in [-0.2, -0.15) is 0 Å². The van der Waals surface area contributed by atoms with Crippen molar-refractivity contribution in [2.24, 2.45) is 0 Å². The van der Waals surface area contributed by atoms with Crippen LogP contribution in [0.4, 0.5) is 0 Å². The fourth-order valence-electron chi connectivity index (χ4n) is 1.91. The van der Waals surface area contributed by atoms with E-state index in [0.29, 0.717) is 0 Å². The van der Waals surface area contributed by atoms with Crippen molar-refractivity contribution in [1.29, 1.82) is 0 Å². The molecular weight excluding hydrogens is 278 g/mol. The summed E-state index contributed by atoms with van der Waals surface area (Å²) in [5.74, 6) is 1.71. The average molecular weight is 307 g/mol. The number of hydrogen-bond acceptors (Lipinski definition) is 4. The summed E-state index contributed by atoms with van der Waals surface area (Å²) in [5, 5.41) is 0. The molecule has 124 valence electrons. The molecule has 0 amide bonds. The lowest BCUT2D eigenvalue weighted by Gasteiger charge is -2.20. The summed E-state index contributed by atoms with van der Waals surface area (Å²) in [7, 11) is 0. The van der Waals surface area contributed by atoms with E-state index in [-0.39, 0.29) is 18.3 Å². The quantitative estimate of drug-likeness (QED) is 0.648. The van der Waals surface area contributed by atoms with Crippen molar-refractivity contribution in [2.45, 2.75) is 65.8 Å². The van der Waals surface area contributed by atoms with E-state index >= 15 is 0 Å². The molecule has 22 heavy (non-hydrogen) atoms. The van der Waals surface area contributed by atoms with Gasteiger partial charge in [0.1, 0.15) is 11.5 Å². The zero-order valence-electron chi connectivity index (χ0n) is 14.4. The van der Waals surface area contributed by atoms with Crippen LogP contribution in [0.5, 0.6) is 11.5 Å². The molecule has 0 aromatic heterocycles. The molecule has 0 bridgehead atoms. The summed E-state index contributed by atoms with van der Waals surface area (Å²) in [6.45, 7) is 13.8. The Kier molecular flexibility index (Phi) is 7.82. The number of hydroxylamine groups is 1. The second kappa shape index (κ2) is 9.36. The van der Waals surface area contributed by atoms with Crippen molar-refractivity contribution < 1.29 is 14.3 Å². The zero-order valence-corrected chi connectivity index (χ0v) is 14.4. The molecule has 4 nitrogen and oxygen atoms in total. The molecular formula is C18H29NO3. The van der Waals surface area contributed by atoms with E-state index < -0.39 is 0 Å². The molecule has 0 heterocycles. The Morgan fingerprint density at radius 1 is 1.00 bits per heavy atom. The molecule has 0 spiro atoms. The zero-order chi connectivity index (χ0) is 16.5. The first-order valence-corrected chi connectivity index (χ1v) is 7.91. The van der Waals surface area contributed by atoms with Gasteiger partial charge in [0.05, 0.1) is 18.3 Å². The van der Waals surface area contributed by atoms with Gasteiger partial charge in [-0.1, -0.05) is 13.5 Å². The molecule has 0 aliphatic rings. The highest BCUT2D eigenvalue weighted by atomic mass is 16.7. The van der Waals surface area contributed by atoms with Gasteiger partial charge in [0.15, 0.2) is 0 Å². The topological polar surface area (TPSA) is 39.7 Å². The van der Waals surface area contributed by atoms with Crippen LogP contribution in [-0.4, -0.2) is 18.3 Å². The van der Waals surface area contributed by atoms with Crippen LogP contribution in [0, 0.1) is 0 Å². The Morgan fingerprint density at radius 2 is 1.50 bits per heavy atom. The first-order chi connectivity index (χ1) is 10.4. The van der Waals surface area contributed by atoms with Gasteiger partial charge in [-0.25, -0.2) is 0 Å². The smallest absolute Gasteiger partial charge is 0.119 e. The largest absolute Gasteiger partial charge is 0.491 e. The molecule has 1 N–H and O–H groups in total. The Labute approximate surface area is 134 Å². The molecule has 0 fully saturated rings. The number of allylic oxidation sites excluding steroid dienone is 1. The summed E-state index contributed by atoms with van der Waals surface area (Å²) in [6.07, 6.45) is 2.10. The van der Waals surface area contributed by atoms with E-state index in [0.717, 1.165) is 30.0 Å². The van der Waals surface area contributed by atoms with Crippen LogP contribution < -0.4 is 15.0 Å². The third-order valence-corrected chi connectivity index (χ3v) is 3.17. The summed E-state index contributed by atoms with van der Waals surface area (Å²) < 4.78 is 11.6. The fraction of sp³-hybridized carbons (Fsp3) is 0.556. The molecule has 0 aliphatic carbocycles. The molecule has 4 heteroatoms. The van der Waals surface area contributed by atoms with Crippen LogP contribution in [0.25, 0.3) is 0 Å². The van der Waals surface area contributed by atoms with Crippen LogP contribution in [0.15, 0.2) is 36.5 Å². The monoisotopic (exact) mass is 307 g/mol. The van der Waals surface area contributed by atoms with Gasteiger partial charge in [0, 0.05) is 12.1 Å². The van der Waals surface area contributed by atoms with E-state index in [1.165, 1.54) is 0 Å². The van der Waals surface area contributed by atoms with E-state index in [2.05, 4.69) is 25.9 Å². The van der Waals surface area contributed by atoms with Gasteiger partial charge in [-0.15, -0.1) is 0 Å². The van der Waals surface area contributed by atoms with Crippen LogP contribution in [-0.2, 0) is 4.84 Å². The lowest BCUT2D eigenvalue weighted by molar-refractivity contribution is -0.0170. The molecule has 3 atom stereocenters. The highest BCUT2D eigenvalue weighted by Gasteiger charge is 2.11. The van der Waals surface area contributed by atoms with Crippen LogP contribution in [0.1, 0.15) is 47.5 Å². The lowest BCUT2D eigenvalue weighted by atomic mass is 10.2. The van der Waals surface area contributed by atoms with Crippen LogP contribution in [0.3, 0.4) is 0 Å². The Hall–Kier alpha value is -1.68. The minimum atomic E-state index is 0.0414. The molecule has 1 aromatic rings. The van der Waals surface area contributed by atoms with E-state index in [1.807, 2.05) is 45.0 Å². The normalized spacial score (nSPS) is 14.8. The number of ether oxygens (including phenoxy) is 2. The van der Waals surface area contributed by atoms with Crippen LogP contribution >= 0.6 is 0 Å². The maximum absolute atomic E-state index is 5.89. The maximum atomic E-state index is 5.89. The van der Waals surface area contributed by atoms with E-state index in [9.17, 15) is 0 Å². The minimum absolute atomic E-state index is 0.0414. The molecule has 1 rings (SSSR count). The first kappa shape index (κ1) is 18.4. The molecule has 0 saturated heterocycles. The molecule has 0 aliphatic heterocycles. The van der Waals surface area contributed by atoms with Gasteiger partial charge >= 0.3 is 0 Å². The molecule has 3 unspecified atom stereocenters. The number of nitrogens with one attached hydrogen (secondary N) is 1. The summed E-state index contributed by atoms with van der Waals surface area (Å²) >= 11 is 0. The third kappa shape index (κ3) is 7.36. The minimum Gasteiger partial charge on any atom is -0.491 e. The van der Waals surface area contributed by atoms with Crippen molar-refractivity contribution in [3.8, 4) is 11.5 Å². The third-order valence-electron chi connectivity index (χ3n) is 3.17. The van der Waals surface area contributed by atoms with Crippen LogP contribution in [0.2, 0.25) is 0 Å². The molecule has 0 saturated carbocycles. The summed E-state index contributed by atoms with van der Waals surface area (Å²) in [6, 6.07) is 7.76. The van der Waals surface area contributed by atoms with Gasteiger partial charge < -0.3 is 9.47 Å². The predicted octanol–water partition coefficient (Wildman–Crippen LogP) is 4.46. The van der Waals surface area contributed by atoms with Gasteiger partial charge in [-0.3, -0.25) is 10.3 Å². The summed E-state index contributed by atoms with van der Waals surface area (Å²) in [5.41, 5.74) is 3.57. The number of benzene rings is 1. The maximum Gasteiger partial charge on any atom is 0.119 e. The second-order valence-electron chi connectivity index (χ2n) is 5.78. The fourth-order valence-corrected chi connectivity index (χ4v) is 1.91. The van der Waals surface area contributed by atoms with Crippen molar-refractivity contribution in [3.63, 3.8) is 0 Å². The van der Waals surface area contributed by atoms with Crippen molar-refractivity contribution in [2.75, 3.05) is 0 Å². The second-order valence-corrected chi connectivity index (χ2v) is 5.78. The molecule has 0 radical (unpaired) electrons. The SMILES string of the molecule is C=C(C)NOC(C)CC(C)Oc1ccc(OC(C)CC)cc1. The van der Waals surface area contributed by atoms with E-state index in [4.69, 9.17) is 14.3 Å². The van der Waals surface area contributed by atoms with Crippen molar-refractivity contribution >= 4 is 0 Å². The van der Waals surface area contributed by atoms with E-state index in [1.54, 1.807) is 0 Å². The van der Waals surface area contributed by atoms with Gasteiger partial charge in [0.25, 0.3) is 0 Å². The number of hydrogen-bond donors (Lipinski definition) is 1. The standard InChI is InChI=1S/C18H29NO3/c1-7-14(4)20-17-8-10-18(11-9-17)21-15(5)12-16(6)22-19-13(2)3/h8-11,14-16,19H,2,7,12H2,1,3-6H3. The summed E-state index contributed by atoms with van der Waals surface area (Å²) in [4.78, 5) is 5.44. The Bertz CT molecular complexity index is 444. The van der Waals surface area contributed by atoms with Crippen molar-refractivity contribution in [1.82, 2.24) is 5.48 Å². The molecule has 1 aromatic carbocycles.